The highest BCUT2D eigenvalue weighted by molar-refractivity contribution is 6.97. The first-order valence-electron chi connectivity index (χ1n) is 6.15. The minimum atomic E-state index is -1.70. The molecule has 0 aliphatic heterocycles. The zero-order valence-electron chi connectivity index (χ0n) is 11.6. The van der Waals surface area contributed by atoms with Gasteiger partial charge < -0.3 is 4.43 Å². The van der Waals surface area contributed by atoms with Gasteiger partial charge in [0, 0.05) is 0 Å². The summed E-state index contributed by atoms with van der Waals surface area (Å²) < 4.78 is 6.36. The summed E-state index contributed by atoms with van der Waals surface area (Å²) in [6, 6.07) is 0. The van der Waals surface area contributed by atoms with Crippen LogP contribution in [0.15, 0.2) is 11.8 Å². The topological polar surface area (TPSA) is 9.23 Å². The van der Waals surface area contributed by atoms with Gasteiger partial charge in [-0.15, -0.1) is 6.58 Å². The van der Waals surface area contributed by atoms with Crippen LogP contribution in [0.4, 0.5) is 0 Å². The molecule has 0 unspecified atom stereocenters. The van der Waals surface area contributed by atoms with Crippen LogP contribution >= 0.6 is 11.1 Å². The number of hydrogen-bond donors (Lipinski definition) is 0. The molecule has 0 aromatic carbocycles. The molecule has 1 nitrogen and oxygen atoms in total. The predicted octanol–water partition coefficient (Wildman–Crippen LogP) is 4.01. The zero-order valence-corrected chi connectivity index (χ0v) is 14.8. The summed E-state index contributed by atoms with van der Waals surface area (Å²) in [6.45, 7) is 18.5. The molecule has 0 fully saturated rings. The standard InChI is InChI=1S/C12H27ClOSi2/c1-9(2)16(10(3)4,11(5)6)14-8-12(7)15-13/h9-11H,7-8,15H2,1-6H3. The van der Waals surface area contributed by atoms with Gasteiger partial charge in [-0.05, 0) is 16.6 Å². The molecule has 0 radical (unpaired) electrons. The van der Waals surface area contributed by atoms with Gasteiger partial charge >= 0.3 is 0 Å². The minimum absolute atomic E-state index is 0.629. The van der Waals surface area contributed by atoms with E-state index in [1.54, 1.807) is 0 Å². The third kappa shape index (κ3) is 3.72. The third-order valence-corrected chi connectivity index (χ3v) is 11.2. The lowest BCUT2D eigenvalue weighted by molar-refractivity contribution is 0.313. The maximum absolute atomic E-state index is 6.36. The second-order valence-corrected chi connectivity index (χ2v) is 13.0. The van der Waals surface area contributed by atoms with Crippen LogP contribution in [0, 0.1) is 0 Å². The summed E-state index contributed by atoms with van der Waals surface area (Å²) in [5.41, 5.74) is 1.91. The van der Waals surface area contributed by atoms with E-state index in [0.29, 0.717) is 23.2 Å². The fourth-order valence-electron chi connectivity index (χ4n) is 2.77. The Bertz CT molecular complexity index is 205. The zero-order chi connectivity index (χ0) is 12.9. The molecule has 4 heteroatoms. The molecule has 0 saturated carbocycles. The molecular formula is C12H27ClOSi2. The second-order valence-electron chi connectivity index (χ2n) is 5.49. The van der Waals surface area contributed by atoms with Gasteiger partial charge in [-0.1, -0.05) is 46.7 Å². The van der Waals surface area contributed by atoms with Crippen molar-refractivity contribution in [2.24, 2.45) is 0 Å². The summed E-state index contributed by atoms with van der Waals surface area (Å²) in [5.74, 6) is 0. The van der Waals surface area contributed by atoms with E-state index in [9.17, 15) is 0 Å². The highest BCUT2D eigenvalue weighted by Crippen LogP contribution is 2.42. The quantitative estimate of drug-likeness (QED) is 0.505. The van der Waals surface area contributed by atoms with E-state index in [1.165, 1.54) is 0 Å². The molecule has 96 valence electrons. The van der Waals surface area contributed by atoms with Crippen molar-refractivity contribution in [1.82, 2.24) is 0 Å². The molecule has 0 atom stereocenters. The van der Waals surface area contributed by atoms with Gasteiger partial charge in [-0.3, -0.25) is 0 Å². The summed E-state index contributed by atoms with van der Waals surface area (Å²) in [4.78, 5) is 0. The summed E-state index contributed by atoms with van der Waals surface area (Å²) in [7, 11) is -2.33. The van der Waals surface area contributed by atoms with Crippen LogP contribution in [0.25, 0.3) is 0 Å². The van der Waals surface area contributed by atoms with E-state index < -0.39 is 17.1 Å². The molecular weight excluding hydrogens is 252 g/mol. The van der Waals surface area contributed by atoms with E-state index in [2.05, 4.69) is 48.1 Å². The monoisotopic (exact) mass is 278 g/mol. The van der Waals surface area contributed by atoms with Crippen molar-refractivity contribution < 1.29 is 4.43 Å². The van der Waals surface area contributed by atoms with E-state index in [4.69, 9.17) is 15.5 Å². The van der Waals surface area contributed by atoms with Crippen molar-refractivity contribution in [3.05, 3.63) is 11.8 Å². The third-order valence-electron chi connectivity index (χ3n) is 3.42. The smallest absolute Gasteiger partial charge is 0.200 e. The van der Waals surface area contributed by atoms with Crippen LogP contribution in [0.3, 0.4) is 0 Å². The van der Waals surface area contributed by atoms with Crippen molar-refractivity contribution in [3.8, 4) is 0 Å². The summed E-state index contributed by atoms with van der Waals surface area (Å²) >= 11 is 5.89. The molecule has 0 heterocycles. The first-order chi connectivity index (χ1) is 7.28. The first kappa shape index (κ1) is 16.4. The van der Waals surface area contributed by atoms with Gasteiger partial charge in [-0.2, -0.15) is 11.1 Å². The lowest BCUT2D eigenvalue weighted by Gasteiger charge is -2.42. The largest absolute Gasteiger partial charge is 0.412 e. The van der Waals surface area contributed by atoms with E-state index in [0.717, 1.165) is 5.20 Å². The Morgan fingerprint density at radius 2 is 1.50 bits per heavy atom. The fraction of sp³-hybridized carbons (Fsp3) is 0.833. The Hall–Kier alpha value is 0.424. The van der Waals surface area contributed by atoms with E-state index in [1.807, 2.05) is 0 Å². The van der Waals surface area contributed by atoms with Gasteiger partial charge in [-0.25, -0.2) is 0 Å². The molecule has 0 aromatic rings. The van der Waals surface area contributed by atoms with Gasteiger partial charge in [0.25, 0.3) is 0 Å². The van der Waals surface area contributed by atoms with Crippen LogP contribution in [0.5, 0.6) is 0 Å². The molecule has 0 aliphatic rings. The van der Waals surface area contributed by atoms with E-state index >= 15 is 0 Å². The van der Waals surface area contributed by atoms with Crippen LogP contribution in [0.2, 0.25) is 16.6 Å². The highest BCUT2D eigenvalue weighted by atomic mass is 35.6. The van der Waals surface area contributed by atoms with Gasteiger partial charge in [0.1, 0.15) is 0 Å². The SMILES string of the molecule is C=C(CO[Si](C(C)C)(C(C)C)C(C)C)[SiH2]Cl. The summed E-state index contributed by atoms with van der Waals surface area (Å²) in [5, 5.41) is 1.13. The molecule has 0 saturated heterocycles. The molecule has 0 bridgehead atoms. The molecule has 0 amide bonds. The molecule has 0 aromatic heterocycles. The minimum Gasteiger partial charge on any atom is -0.412 e. The van der Waals surface area contributed by atoms with Gasteiger partial charge in [0.2, 0.25) is 8.32 Å². The van der Waals surface area contributed by atoms with Gasteiger partial charge in [0.15, 0.2) is 8.83 Å². The first-order valence-corrected chi connectivity index (χ1v) is 11.1. The lowest BCUT2D eigenvalue weighted by Crippen LogP contribution is -2.48. The molecule has 0 rings (SSSR count). The van der Waals surface area contributed by atoms with Crippen molar-refractivity contribution in [1.29, 1.82) is 0 Å². The average molecular weight is 279 g/mol. The van der Waals surface area contributed by atoms with Gasteiger partial charge in [0.05, 0.1) is 6.61 Å². The Labute approximate surface area is 109 Å². The average Bonchev–Trinajstić information content (AvgIpc) is 2.16. The highest BCUT2D eigenvalue weighted by Gasteiger charge is 2.44. The van der Waals surface area contributed by atoms with Crippen LogP contribution in [-0.4, -0.2) is 23.8 Å². The second kappa shape index (κ2) is 6.99. The fourth-order valence-corrected chi connectivity index (χ4v) is 8.83. The van der Waals surface area contributed by atoms with Crippen molar-refractivity contribution >= 4 is 28.2 Å². The Morgan fingerprint density at radius 1 is 1.12 bits per heavy atom. The maximum atomic E-state index is 6.36. The van der Waals surface area contributed by atoms with E-state index in [-0.39, 0.29) is 0 Å². The number of rotatable bonds is 7. The molecule has 0 aliphatic carbocycles. The number of halogens is 1. The van der Waals surface area contributed by atoms with Crippen LogP contribution in [0.1, 0.15) is 41.5 Å². The van der Waals surface area contributed by atoms with Crippen LogP contribution in [-0.2, 0) is 4.43 Å². The molecule has 16 heavy (non-hydrogen) atoms. The Morgan fingerprint density at radius 3 is 1.75 bits per heavy atom. The van der Waals surface area contributed by atoms with Crippen molar-refractivity contribution in [3.63, 3.8) is 0 Å². The summed E-state index contributed by atoms with van der Waals surface area (Å²) in [6.07, 6.45) is 0. The maximum Gasteiger partial charge on any atom is 0.200 e. The van der Waals surface area contributed by atoms with Crippen molar-refractivity contribution in [2.75, 3.05) is 6.61 Å². The Kier molecular flexibility index (Phi) is 7.18. The predicted molar refractivity (Wildman–Crippen MR) is 80.5 cm³/mol. The molecule has 0 spiro atoms. The van der Waals surface area contributed by atoms with Crippen molar-refractivity contribution in [2.45, 2.75) is 58.2 Å². The number of hydrogen-bond acceptors (Lipinski definition) is 1. The normalized spacial score (nSPS) is 13.6. The van der Waals surface area contributed by atoms with Crippen LogP contribution < -0.4 is 0 Å². The lowest BCUT2D eigenvalue weighted by atomic mass is 10.5. The Balaban J connectivity index is 4.84. The molecule has 0 N–H and O–H groups in total.